The summed E-state index contributed by atoms with van der Waals surface area (Å²) < 4.78 is 11.9. The van der Waals surface area contributed by atoms with Crippen LogP contribution in [0.2, 0.25) is 10.0 Å². The second-order valence-electron chi connectivity index (χ2n) is 7.99. The number of carbonyl (C=O) groups excluding carboxylic acids is 2. The zero-order valence-corrected chi connectivity index (χ0v) is 19.8. The van der Waals surface area contributed by atoms with E-state index in [0.717, 1.165) is 0 Å². The summed E-state index contributed by atoms with van der Waals surface area (Å²) in [5.41, 5.74) is 2.27. The van der Waals surface area contributed by atoms with Crippen molar-refractivity contribution < 1.29 is 19.1 Å². The molecule has 0 saturated carbocycles. The van der Waals surface area contributed by atoms with Crippen molar-refractivity contribution in [3.63, 3.8) is 0 Å². The van der Waals surface area contributed by atoms with Gasteiger partial charge in [0.25, 0.3) is 5.91 Å². The molecule has 7 heteroatoms. The fourth-order valence-electron chi connectivity index (χ4n) is 4.08. The van der Waals surface area contributed by atoms with Gasteiger partial charge in [0.15, 0.2) is 0 Å². The van der Waals surface area contributed by atoms with Crippen molar-refractivity contribution in [2.45, 2.75) is 12.0 Å². The predicted molar refractivity (Wildman–Crippen MR) is 135 cm³/mol. The molecule has 1 N–H and O–H groups in total. The summed E-state index contributed by atoms with van der Waals surface area (Å²) in [6.07, 6.45) is -1.20. The summed E-state index contributed by atoms with van der Waals surface area (Å²) in [6, 6.07) is 28.1. The third kappa shape index (κ3) is 4.87. The van der Waals surface area contributed by atoms with Gasteiger partial charge in [-0.15, -0.1) is 0 Å². The molecule has 0 spiro atoms. The van der Waals surface area contributed by atoms with Crippen LogP contribution in [0, 0.1) is 0 Å². The lowest BCUT2D eigenvalue weighted by Crippen LogP contribution is -2.29. The first-order valence-electron chi connectivity index (χ1n) is 10.9. The van der Waals surface area contributed by atoms with Crippen LogP contribution in [0.25, 0.3) is 0 Å². The summed E-state index contributed by atoms with van der Waals surface area (Å²) in [6.45, 7) is 0. The van der Waals surface area contributed by atoms with Crippen molar-refractivity contribution in [3.05, 3.63) is 124 Å². The van der Waals surface area contributed by atoms with Gasteiger partial charge in [0, 0.05) is 32.4 Å². The van der Waals surface area contributed by atoms with Gasteiger partial charge in [0.05, 0.1) is 0 Å². The first-order valence-corrected chi connectivity index (χ1v) is 11.6. The predicted octanol–water partition coefficient (Wildman–Crippen LogP) is 7.15. The Bertz CT molecular complexity index is 1340. The average molecular weight is 504 g/mol. The van der Waals surface area contributed by atoms with Crippen molar-refractivity contribution in [2.75, 3.05) is 5.32 Å². The molecule has 0 bridgehead atoms. The number of anilines is 1. The van der Waals surface area contributed by atoms with Crippen molar-refractivity contribution in [1.29, 1.82) is 0 Å². The number of nitrogens with one attached hydrogen (secondary N) is 1. The van der Waals surface area contributed by atoms with Crippen LogP contribution in [-0.2, 0) is 14.3 Å². The second-order valence-corrected chi connectivity index (χ2v) is 8.86. The molecule has 1 atom stereocenters. The lowest BCUT2D eigenvalue weighted by Gasteiger charge is -2.28. The molecular formula is C28H19Cl2NO4. The van der Waals surface area contributed by atoms with Crippen LogP contribution in [0.1, 0.15) is 28.7 Å². The highest BCUT2D eigenvalue weighted by molar-refractivity contribution is 6.35. The van der Waals surface area contributed by atoms with Crippen LogP contribution in [0.3, 0.4) is 0 Å². The van der Waals surface area contributed by atoms with Gasteiger partial charge in [-0.1, -0.05) is 89.9 Å². The maximum atomic E-state index is 13.7. The Morgan fingerprint density at radius 1 is 0.771 bits per heavy atom. The molecule has 5 nitrogen and oxygen atoms in total. The number of fused-ring (bicyclic) bond motifs is 2. The van der Waals surface area contributed by atoms with Crippen LogP contribution in [0.5, 0.6) is 11.5 Å². The smallest absolute Gasteiger partial charge is 0.319 e. The maximum absolute atomic E-state index is 13.7. The highest BCUT2D eigenvalue weighted by Crippen LogP contribution is 2.45. The maximum Gasteiger partial charge on any atom is 0.319 e. The SMILES string of the molecule is O=C(Nc1cc(Cl)cc(Cl)c1)C(OC(=O)C1c2ccccc2Oc2ccccc21)c1ccccc1. The van der Waals surface area contributed by atoms with E-state index in [1.165, 1.54) is 0 Å². The van der Waals surface area contributed by atoms with Crippen molar-refractivity contribution in [1.82, 2.24) is 0 Å². The van der Waals surface area contributed by atoms with Crippen LogP contribution in [0.4, 0.5) is 5.69 Å². The number of para-hydroxylation sites is 2. The number of carbonyl (C=O) groups is 2. The molecule has 1 amide bonds. The monoisotopic (exact) mass is 503 g/mol. The summed E-state index contributed by atoms with van der Waals surface area (Å²) in [5.74, 6) is -0.710. The normalized spacial score (nSPS) is 13.1. The molecule has 0 radical (unpaired) electrons. The van der Waals surface area contributed by atoms with Gasteiger partial charge in [-0.2, -0.15) is 0 Å². The van der Waals surface area contributed by atoms with E-state index >= 15 is 0 Å². The summed E-state index contributed by atoms with van der Waals surface area (Å²) >= 11 is 12.2. The Morgan fingerprint density at radius 3 is 1.91 bits per heavy atom. The van der Waals surface area contributed by atoms with Gasteiger partial charge in [0.1, 0.15) is 17.4 Å². The number of amides is 1. The van der Waals surface area contributed by atoms with Gasteiger partial charge in [-0.05, 0) is 30.3 Å². The number of esters is 1. The van der Waals surface area contributed by atoms with Crippen molar-refractivity contribution >= 4 is 40.8 Å². The Morgan fingerprint density at radius 2 is 1.31 bits per heavy atom. The van der Waals surface area contributed by atoms with Gasteiger partial charge in [-0.3, -0.25) is 9.59 Å². The molecule has 0 saturated heterocycles. The van der Waals surface area contributed by atoms with E-state index < -0.39 is 23.9 Å². The Balaban J connectivity index is 1.49. The van der Waals surface area contributed by atoms with Crippen molar-refractivity contribution in [2.24, 2.45) is 0 Å². The Kier molecular flexibility index (Phi) is 6.45. The van der Waals surface area contributed by atoms with Gasteiger partial charge < -0.3 is 14.8 Å². The van der Waals surface area contributed by atoms with Crippen molar-refractivity contribution in [3.8, 4) is 11.5 Å². The van der Waals surface area contributed by atoms with Crippen LogP contribution in [0.15, 0.2) is 97.1 Å². The fourth-order valence-corrected chi connectivity index (χ4v) is 4.61. The van der Waals surface area contributed by atoms with E-state index in [1.54, 1.807) is 54.6 Å². The number of benzene rings is 4. The zero-order valence-electron chi connectivity index (χ0n) is 18.3. The minimum Gasteiger partial charge on any atom is -0.457 e. The van der Waals surface area contributed by atoms with E-state index in [0.29, 0.717) is 43.9 Å². The molecule has 4 aromatic carbocycles. The highest BCUT2D eigenvalue weighted by atomic mass is 35.5. The summed E-state index contributed by atoms with van der Waals surface area (Å²) in [5, 5.41) is 3.50. The molecule has 4 aromatic rings. The van der Waals surface area contributed by atoms with Crippen LogP contribution in [-0.4, -0.2) is 11.9 Å². The number of ether oxygens (including phenoxy) is 2. The van der Waals surface area contributed by atoms with Crippen LogP contribution >= 0.6 is 23.2 Å². The zero-order chi connectivity index (χ0) is 24.4. The number of rotatable bonds is 5. The van der Waals surface area contributed by atoms with E-state index in [-0.39, 0.29) is 0 Å². The first-order chi connectivity index (χ1) is 17.0. The second kappa shape index (κ2) is 9.82. The number of hydrogen-bond donors (Lipinski definition) is 1. The minimum atomic E-state index is -1.20. The first kappa shape index (κ1) is 23.0. The van der Waals surface area contributed by atoms with Gasteiger partial charge in [0.2, 0.25) is 6.10 Å². The summed E-state index contributed by atoms with van der Waals surface area (Å²) in [4.78, 5) is 27.0. The third-order valence-corrected chi connectivity index (χ3v) is 6.06. The highest BCUT2D eigenvalue weighted by Gasteiger charge is 2.36. The molecule has 0 fully saturated rings. The van der Waals surface area contributed by atoms with E-state index in [4.69, 9.17) is 32.7 Å². The molecule has 0 aromatic heterocycles. The minimum absolute atomic E-state index is 0.372. The largest absolute Gasteiger partial charge is 0.457 e. The molecule has 1 aliphatic heterocycles. The van der Waals surface area contributed by atoms with Crippen LogP contribution < -0.4 is 10.1 Å². The molecule has 1 unspecified atom stereocenters. The van der Waals surface area contributed by atoms with E-state index in [1.807, 2.05) is 42.5 Å². The van der Waals surface area contributed by atoms with E-state index in [2.05, 4.69) is 5.32 Å². The quantitative estimate of drug-likeness (QED) is 0.293. The Hall–Kier alpha value is -3.80. The Labute approximate surface area is 212 Å². The lowest BCUT2D eigenvalue weighted by molar-refractivity contribution is -0.155. The standard InChI is InChI=1S/C28H19Cl2NO4/c29-18-14-19(30)16-20(15-18)31-27(32)26(17-8-2-1-3-9-17)35-28(33)25-21-10-4-6-12-23(21)34-24-13-7-5-11-22(24)25/h1-16,25-26H,(H,31,32). The average Bonchev–Trinajstić information content (AvgIpc) is 2.85. The topological polar surface area (TPSA) is 64.6 Å². The molecule has 5 rings (SSSR count). The fraction of sp³-hybridized carbons (Fsp3) is 0.0714. The number of hydrogen-bond acceptors (Lipinski definition) is 4. The summed E-state index contributed by atoms with van der Waals surface area (Å²) in [7, 11) is 0. The molecule has 35 heavy (non-hydrogen) atoms. The molecular weight excluding hydrogens is 485 g/mol. The number of halogens is 2. The molecule has 174 valence electrons. The van der Waals surface area contributed by atoms with E-state index in [9.17, 15) is 9.59 Å². The van der Waals surface area contributed by atoms with Gasteiger partial charge in [-0.25, -0.2) is 0 Å². The van der Waals surface area contributed by atoms with Gasteiger partial charge >= 0.3 is 5.97 Å². The third-order valence-electron chi connectivity index (χ3n) is 5.62. The molecule has 1 aliphatic rings. The lowest BCUT2D eigenvalue weighted by atomic mass is 9.88. The molecule has 1 heterocycles. The molecule has 0 aliphatic carbocycles.